The van der Waals surface area contributed by atoms with Gasteiger partial charge in [-0.05, 0) is 12.1 Å². The van der Waals surface area contributed by atoms with Crippen LogP contribution in [0.25, 0.3) is 0 Å². The fraction of sp³-hybridized carbons (Fsp3) is 0.357. The van der Waals surface area contributed by atoms with Crippen molar-refractivity contribution in [3.63, 3.8) is 0 Å². The average molecular weight is 290 g/mol. The maximum Gasteiger partial charge on any atom is 0.244 e. The predicted octanol–water partition coefficient (Wildman–Crippen LogP) is 0.545. The van der Waals surface area contributed by atoms with E-state index in [-0.39, 0.29) is 31.2 Å². The lowest BCUT2D eigenvalue weighted by Crippen LogP contribution is -2.36. The quantitative estimate of drug-likeness (QED) is 0.821. The summed E-state index contributed by atoms with van der Waals surface area (Å²) in [6.07, 6.45) is 0.353. The molecule has 1 fully saturated rings. The number of nitrogens with one attached hydrogen (secondary N) is 1. The molecule has 3 rings (SSSR count). The molecule has 110 valence electrons. The van der Waals surface area contributed by atoms with Crippen molar-refractivity contribution < 1.29 is 23.9 Å². The van der Waals surface area contributed by atoms with Gasteiger partial charge in [0.2, 0.25) is 17.7 Å². The molecular weight excluding hydrogens is 276 g/mol. The Bertz CT molecular complexity index is 597. The molecule has 0 saturated carbocycles. The van der Waals surface area contributed by atoms with E-state index in [1.807, 2.05) is 0 Å². The van der Waals surface area contributed by atoms with Crippen LogP contribution in [0.3, 0.4) is 0 Å². The van der Waals surface area contributed by atoms with Gasteiger partial charge in [-0.15, -0.1) is 0 Å². The number of likely N-dealkylation sites (tertiary alicyclic amines) is 1. The number of imide groups is 1. The zero-order valence-corrected chi connectivity index (χ0v) is 11.3. The Balaban J connectivity index is 1.65. The number of fused-ring (bicyclic) bond motifs is 1. The van der Waals surface area contributed by atoms with Crippen molar-refractivity contribution in [3.8, 4) is 11.5 Å². The SMILES string of the molecule is O=C(CN1C(=O)CCC1=O)Nc1ccc2c(c1)OCCO2. The summed E-state index contributed by atoms with van der Waals surface area (Å²) in [5.41, 5.74) is 0.531. The Morgan fingerprint density at radius 3 is 2.48 bits per heavy atom. The molecule has 0 aliphatic carbocycles. The molecule has 2 aliphatic heterocycles. The monoisotopic (exact) mass is 290 g/mol. The number of amides is 3. The topological polar surface area (TPSA) is 84.9 Å². The molecule has 7 nitrogen and oxygen atoms in total. The van der Waals surface area contributed by atoms with Gasteiger partial charge in [0.25, 0.3) is 0 Å². The molecule has 2 heterocycles. The summed E-state index contributed by atoms with van der Waals surface area (Å²) < 4.78 is 10.8. The highest BCUT2D eigenvalue weighted by Gasteiger charge is 2.30. The van der Waals surface area contributed by atoms with Crippen molar-refractivity contribution in [2.45, 2.75) is 12.8 Å². The van der Waals surface area contributed by atoms with E-state index in [1.54, 1.807) is 18.2 Å². The van der Waals surface area contributed by atoms with Crippen molar-refractivity contribution in [2.24, 2.45) is 0 Å². The minimum Gasteiger partial charge on any atom is -0.486 e. The third kappa shape index (κ3) is 2.81. The standard InChI is InChI=1S/C14H14N2O5/c17-12(8-16-13(18)3-4-14(16)19)15-9-1-2-10-11(7-9)21-6-5-20-10/h1-2,7H,3-6,8H2,(H,15,17). The van der Waals surface area contributed by atoms with Crippen molar-refractivity contribution in [2.75, 3.05) is 25.1 Å². The van der Waals surface area contributed by atoms with E-state index in [4.69, 9.17) is 9.47 Å². The van der Waals surface area contributed by atoms with Gasteiger partial charge in [0, 0.05) is 24.6 Å². The summed E-state index contributed by atoms with van der Waals surface area (Å²) in [5.74, 6) is 0.154. The number of carbonyl (C=O) groups excluding carboxylic acids is 3. The highest BCUT2D eigenvalue weighted by molar-refractivity contribution is 6.06. The van der Waals surface area contributed by atoms with Crippen LogP contribution in [-0.4, -0.2) is 42.4 Å². The lowest BCUT2D eigenvalue weighted by atomic mass is 10.2. The van der Waals surface area contributed by atoms with Gasteiger partial charge < -0.3 is 14.8 Å². The Labute approximate surface area is 120 Å². The Morgan fingerprint density at radius 2 is 1.76 bits per heavy atom. The van der Waals surface area contributed by atoms with Gasteiger partial charge in [-0.2, -0.15) is 0 Å². The fourth-order valence-electron chi connectivity index (χ4n) is 2.26. The summed E-state index contributed by atoms with van der Waals surface area (Å²) in [7, 11) is 0. The zero-order valence-electron chi connectivity index (χ0n) is 11.3. The van der Waals surface area contributed by atoms with Crippen molar-refractivity contribution in [1.29, 1.82) is 0 Å². The molecule has 1 aromatic carbocycles. The van der Waals surface area contributed by atoms with Crippen LogP contribution in [0.5, 0.6) is 11.5 Å². The van der Waals surface area contributed by atoms with Crippen LogP contribution in [0.4, 0.5) is 5.69 Å². The van der Waals surface area contributed by atoms with Crippen LogP contribution in [0.1, 0.15) is 12.8 Å². The maximum atomic E-state index is 11.9. The maximum absolute atomic E-state index is 11.9. The van der Waals surface area contributed by atoms with Crippen LogP contribution in [0.15, 0.2) is 18.2 Å². The normalized spacial score (nSPS) is 17.0. The molecule has 0 radical (unpaired) electrons. The number of nitrogens with zero attached hydrogens (tertiary/aromatic N) is 1. The fourth-order valence-corrected chi connectivity index (χ4v) is 2.26. The van der Waals surface area contributed by atoms with Gasteiger partial charge in [0.05, 0.1) is 0 Å². The Hall–Kier alpha value is -2.57. The second kappa shape index (κ2) is 5.43. The van der Waals surface area contributed by atoms with Gasteiger partial charge in [-0.1, -0.05) is 0 Å². The molecule has 21 heavy (non-hydrogen) atoms. The van der Waals surface area contributed by atoms with E-state index in [0.717, 1.165) is 4.90 Å². The number of anilines is 1. The average Bonchev–Trinajstić information content (AvgIpc) is 2.79. The highest BCUT2D eigenvalue weighted by Crippen LogP contribution is 2.32. The van der Waals surface area contributed by atoms with Crippen LogP contribution < -0.4 is 14.8 Å². The number of rotatable bonds is 3. The van der Waals surface area contributed by atoms with Gasteiger partial charge in [-0.3, -0.25) is 19.3 Å². The van der Waals surface area contributed by atoms with Crippen molar-refractivity contribution in [1.82, 2.24) is 4.90 Å². The minimum absolute atomic E-state index is 0.177. The first-order valence-electron chi connectivity index (χ1n) is 6.66. The Kier molecular flexibility index (Phi) is 3.47. The van der Waals surface area contributed by atoms with Gasteiger partial charge >= 0.3 is 0 Å². The number of benzene rings is 1. The van der Waals surface area contributed by atoms with Crippen LogP contribution >= 0.6 is 0 Å². The van der Waals surface area contributed by atoms with E-state index in [1.165, 1.54) is 0 Å². The molecule has 1 N–H and O–H groups in total. The van der Waals surface area contributed by atoms with Crippen LogP contribution in [-0.2, 0) is 14.4 Å². The summed E-state index contributed by atoms with van der Waals surface area (Å²) in [6.45, 7) is 0.700. The molecule has 0 aromatic heterocycles. The molecule has 2 aliphatic rings. The number of carbonyl (C=O) groups is 3. The molecule has 0 bridgehead atoms. The molecular formula is C14H14N2O5. The lowest BCUT2D eigenvalue weighted by Gasteiger charge is -2.19. The molecule has 3 amide bonds. The second-order valence-electron chi connectivity index (χ2n) is 4.78. The zero-order chi connectivity index (χ0) is 14.8. The van der Waals surface area contributed by atoms with Crippen molar-refractivity contribution in [3.05, 3.63) is 18.2 Å². The molecule has 7 heteroatoms. The van der Waals surface area contributed by atoms with Gasteiger partial charge in [-0.25, -0.2) is 0 Å². The molecule has 0 unspecified atom stereocenters. The first kappa shape index (κ1) is 13.4. The first-order chi connectivity index (χ1) is 10.1. The van der Waals surface area contributed by atoms with E-state index < -0.39 is 5.91 Å². The molecule has 0 atom stereocenters. The Morgan fingerprint density at radius 1 is 1.10 bits per heavy atom. The van der Waals surface area contributed by atoms with Crippen LogP contribution in [0, 0.1) is 0 Å². The summed E-state index contributed by atoms with van der Waals surface area (Å²) in [6, 6.07) is 5.04. The minimum atomic E-state index is -0.421. The number of ether oxygens (including phenoxy) is 2. The second-order valence-corrected chi connectivity index (χ2v) is 4.78. The van der Waals surface area contributed by atoms with Crippen molar-refractivity contribution >= 4 is 23.4 Å². The molecule has 0 spiro atoms. The van der Waals surface area contributed by atoms with Gasteiger partial charge in [0.1, 0.15) is 19.8 Å². The lowest BCUT2D eigenvalue weighted by molar-refractivity contribution is -0.141. The van der Waals surface area contributed by atoms with E-state index >= 15 is 0 Å². The molecule has 1 saturated heterocycles. The summed E-state index contributed by atoms with van der Waals surface area (Å²) in [4.78, 5) is 35.8. The number of hydrogen-bond acceptors (Lipinski definition) is 5. The summed E-state index contributed by atoms with van der Waals surface area (Å²) in [5, 5.41) is 2.64. The smallest absolute Gasteiger partial charge is 0.244 e. The van der Waals surface area contributed by atoms with E-state index in [9.17, 15) is 14.4 Å². The first-order valence-corrected chi connectivity index (χ1v) is 6.66. The van der Waals surface area contributed by atoms with Gasteiger partial charge in [0.15, 0.2) is 11.5 Å². The third-order valence-electron chi connectivity index (χ3n) is 3.28. The summed E-state index contributed by atoms with van der Waals surface area (Å²) >= 11 is 0. The van der Waals surface area contributed by atoms with Crippen LogP contribution in [0.2, 0.25) is 0 Å². The predicted molar refractivity (Wildman–Crippen MR) is 72.0 cm³/mol. The largest absolute Gasteiger partial charge is 0.486 e. The third-order valence-corrected chi connectivity index (χ3v) is 3.28. The van der Waals surface area contributed by atoms with E-state index in [2.05, 4.69) is 5.32 Å². The number of hydrogen-bond donors (Lipinski definition) is 1. The van der Waals surface area contributed by atoms with E-state index in [0.29, 0.717) is 30.4 Å². The molecule has 1 aromatic rings. The highest BCUT2D eigenvalue weighted by atomic mass is 16.6.